The number of nitrogens with one attached hydrogen (secondary N) is 1. The van der Waals surface area contributed by atoms with Crippen molar-refractivity contribution in [2.24, 2.45) is 0 Å². The molecule has 1 saturated heterocycles. The number of halogens is 1. The fraction of sp³-hybridized carbons (Fsp3) is 0.500. The van der Waals surface area contributed by atoms with Crippen molar-refractivity contribution in [3.8, 4) is 0 Å². The van der Waals surface area contributed by atoms with Crippen molar-refractivity contribution in [1.82, 2.24) is 5.32 Å². The zero-order valence-electron chi connectivity index (χ0n) is 9.03. The molecule has 2 unspecified atom stereocenters. The first-order valence-corrected chi connectivity index (χ1v) is 7.04. The van der Waals surface area contributed by atoms with Crippen molar-refractivity contribution >= 4 is 23.4 Å². The molecular weight excluding hydrogens is 242 g/mol. The zero-order valence-corrected chi connectivity index (χ0v) is 10.6. The lowest BCUT2D eigenvalue weighted by molar-refractivity contribution is 0.171. The van der Waals surface area contributed by atoms with Crippen LogP contribution in [0.1, 0.15) is 18.1 Å². The van der Waals surface area contributed by atoms with E-state index in [2.05, 4.69) is 5.32 Å². The number of aliphatic hydroxyl groups excluding tert-OH is 1. The average molecular weight is 258 g/mol. The molecule has 1 aromatic carbocycles. The van der Waals surface area contributed by atoms with Gasteiger partial charge in [-0.1, -0.05) is 29.8 Å². The van der Waals surface area contributed by atoms with Crippen LogP contribution in [0.25, 0.3) is 0 Å². The van der Waals surface area contributed by atoms with Crippen molar-refractivity contribution in [1.29, 1.82) is 0 Å². The van der Waals surface area contributed by atoms with Gasteiger partial charge in [0.25, 0.3) is 0 Å². The monoisotopic (exact) mass is 257 g/mol. The molecule has 0 aliphatic carbocycles. The van der Waals surface area contributed by atoms with Gasteiger partial charge in [-0.3, -0.25) is 0 Å². The van der Waals surface area contributed by atoms with Gasteiger partial charge >= 0.3 is 0 Å². The van der Waals surface area contributed by atoms with Crippen molar-refractivity contribution < 1.29 is 5.11 Å². The average Bonchev–Trinajstić information content (AvgIpc) is 2.79. The molecule has 4 heteroatoms. The Kier molecular flexibility index (Phi) is 4.53. The van der Waals surface area contributed by atoms with E-state index >= 15 is 0 Å². The molecule has 1 fully saturated rings. The van der Waals surface area contributed by atoms with Crippen LogP contribution in [0.3, 0.4) is 0 Å². The van der Waals surface area contributed by atoms with Crippen molar-refractivity contribution in [3.63, 3.8) is 0 Å². The Labute approximate surface area is 105 Å². The highest BCUT2D eigenvalue weighted by atomic mass is 35.5. The molecule has 0 spiro atoms. The van der Waals surface area contributed by atoms with Crippen LogP contribution in [0.15, 0.2) is 24.3 Å². The molecule has 0 aromatic heterocycles. The first kappa shape index (κ1) is 12.2. The maximum Gasteiger partial charge on any atom is 0.0928 e. The molecule has 0 bridgehead atoms. The number of hydrogen-bond donors (Lipinski definition) is 2. The van der Waals surface area contributed by atoms with Gasteiger partial charge in [0.05, 0.1) is 6.10 Å². The summed E-state index contributed by atoms with van der Waals surface area (Å²) in [7, 11) is 0. The standard InChI is InChI=1S/C12H16ClNOS/c13-11-4-2-1-3-10(11)12(15)7-14-9-5-6-16-8-9/h1-4,9,12,14-15H,5-8H2. The van der Waals surface area contributed by atoms with Crippen LogP contribution in [-0.2, 0) is 0 Å². The predicted molar refractivity (Wildman–Crippen MR) is 70.1 cm³/mol. The van der Waals surface area contributed by atoms with E-state index in [0.29, 0.717) is 17.6 Å². The summed E-state index contributed by atoms with van der Waals surface area (Å²) in [5, 5.41) is 14.0. The van der Waals surface area contributed by atoms with Gasteiger partial charge < -0.3 is 10.4 Å². The third-order valence-electron chi connectivity index (χ3n) is 2.79. The van der Waals surface area contributed by atoms with Gasteiger partial charge in [0.1, 0.15) is 0 Å². The SMILES string of the molecule is OC(CNC1CCSC1)c1ccccc1Cl. The van der Waals surface area contributed by atoms with Gasteiger partial charge in [0.2, 0.25) is 0 Å². The van der Waals surface area contributed by atoms with Crippen LogP contribution in [0, 0.1) is 0 Å². The third-order valence-corrected chi connectivity index (χ3v) is 4.30. The molecular formula is C12H16ClNOS. The lowest BCUT2D eigenvalue weighted by atomic mass is 10.1. The second kappa shape index (κ2) is 5.92. The van der Waals surface area contributed by atoms with E-state index in [1.807, 2.05) is 36.0 Å². The quantitative estimate of drug-likeness (QED) is 0.869. The highest BCUT2D eigenvalue weighted by Crippen LogP contribution is 2.23. The van der Waals surface area contributed by atoms with Gasteiger partial charge in [-0.05, 0) is 18.2 Å². The first-order valence-electron chi connectivity index (χ1n) is 5.51. The van der Waals surface area contributed by atoms with Crippen LogP contribution >= 0.6 is 23.4 Å². The third kappa shape index (κ3) is 3.14. The van der Waals surface area contributed by atoms with E-state index in [9.17, 15) is 5.11 Å². The maximum atomic E-state index is 10.0. The largest absolute Gasteiger partial charge is 0.387 e. The maximum absolute atomic E-state index is 10.0. The van der Waals surface area contributed by atoms with Gasteiger partial charge in [0.15, 0.2) is 0 Å². The minimum Gasteiger partial charge on any atom is -0.387 e. The van der Waals surface area contributed by atoms with Gasteiger partial charge in [-0.2, -0.15) is 11.8 Å². The minimum absolute atomic E-state index is 0.515. The lowest BCUT2D eigenvalue weighted by Crippen LogP contribution is -2.32. The molecule has 2 rings (SSSR count). The van der Waals surface area contributed by atoms with E-state index in [1.54, 1.807) is 0 Å². The molecule has 0 amide bonds. The Morgan fingerprint density at radius 3 is 3.00 bits per heavy atom. The molecule has 2 N–H and O–H groups in total. The number of thioether (sulfide) groups is 1. The molecule has 0 saturated carbocycles. The smallest absolute Gasteiger partial charge is 0.0928 e. The number of hydrogen-bond acceptors (Lipinski definition) is 3. The van der Waals surface area contributed by atoms with E-state index < -0.39 is 6.10 Å². The molecule has 2 nitrogen and oxygen atoms in total. The summed E-state index contributed by atoms with van der Waals surface area (Å²) in [6.45, 7) is 0.578. The van der Waals surface area contributed by atoms with Crippen LogP contribution in [0.5, 0.6) is 0 Å². The Bertz CT molecular complexity index is 342. The second-order valence-corrected chi connectivity index (χ2v) is 5.56. The Balaban J connectivity index is 1.87. The number of benzene rings is 1. The topological polar surface area (TPSA) is 32.3 Å². The zero-order chi connectivity index (χ0) is 11.4. The summed E-state index contributed by atoms with van der Waals surface area (Å²) >= 11 is 7.99. The second-order valence-electron chi connectivity index (χ2n) is 4.01. The summed E-state index contributed by atoms with van der Waals surface area (Å²) in [5.74, 6) is 2.37. The number of rotatable bonds is 4. The minimum atomic E-state index is -0.515. The predicted octanol–water partition coefficient (Wildman–Crippen LogP) is 2.47. The van der Waals surface area contributed by atoms with Crippen LogP contribution in [-0.4, -0.2) is 29.2 Å². The van der Waals surface area contributed by atoms with Gasteiger partial charge in [-0.15, -0.1) is 0 Å². The van der Waals surface area contributed by atoms with Crippen LogP contribution in [0.4, 0.5) is 0 Å². The van der Waals surface area contributed by atoms with E-state index in [1.165, 1.54) is 12.2 Å². The summed E-state index contributed by atoms with van der Waals surface area (Å²) in [6, 6.07) is 8.00. The molecule has 1 heterocycles. The van der Waals surface area contributed by atoms with E-state index in [4.69, 9.17) is 11.6 Å². The Morgan fingerprint density at radius 2 is 2.31 bits per heavy atom. The fourth-order valence-corrected chi connectivity index (χ4v) is 3.28. The summed E-state index contributed by atoms with van der Waals surface area (Å²) < 4.78 is 0. The highest BCUT2D eigenvalue weighted by Gasteiger charge is 2.17. The molecule has 16 heavy (non-hydrogen) atoms. The van der Waals surface area contributed by atoms with E-state index in [-0.39, 0.29) is 0 Å². The summed E-state index contributed by atoms with van der Waals surface area (Å²) in [4.78, 5) is 0. The first-order chi connectivity index (χ1) is 7.77. The van der Waals surface area contributed by atoms with Crippen LogP contribution in [0.2, 0.25) is 5.02 Å². The van der Waals surface area contributed by atoms with E-state index in [0.717, 1.165) is 11.3 Å². The fourth-order valence-electron chi connectivity index (χ4n) is 1.83. The normalized spacial score (nSPS) is 22.2. The van der Waals surface area contributed by atoms with Gasteiger partial charge in [-0.25, -0.2) is 0 Å². The lowest BCUT2D eigenvalue weighted by Gasteiger charge is -2.16. The van der Waals surface area contributed by atoms with Crippen LogP contribution < -0.4 is 5.32 Å². The molecule has 1 aliphatic rings. The highest BCUT2D eigenvalue weighted by molar-refractivity contribution is 7.99. The Morgan fingerprint density at radius 1 is 1.50 bits per heavy atom. The van der Waals surface area contributed by atoms with Crippen molar-refractivity contribution in [3.05, 3.63) is 34.9 Å². The number of aliphatic hydroxyl groups is 1. The summed E-state index contributed by atoms with van der Waals surface area (Å²) in [6.07, 6.45) is 0.680. The molecule has 1 aliphatic heterocycles. The van der Waals surface area contributed by atoms with Crippen molar-refractivity contribution in [2.45, 2.75) is 18.6 Å². The van der Waals surface area contributed by atoms with Crippen molar-refractivity contribution in [2.75, 3.05) is 18.1 Å². The molecule has 1 aromatic rings. The Hall–Kier alpha value is -0.220. The molecule has 2 atom stereocenters. The molecule has 0 radical (unpaired) electrons. The molecule has 88 valence electrons. The van der Waals surface area contributed by atoms with Gasteiger partial charge in [0, 0.05) is 28.9 Å². The summed E-state index contributed by atoms with van der Waals surface area (Å²) in [5.41, 5.74) is 0.808.